The molecule has 0 spiro atoms. The lowest BCUT2D eigenvalue weighted by molar-refractivity contribution is -0.123. The summed E-state index contributed by atoms with van der Waals surface area (Å²) in [6.45, 7) is 6.37. The van der Waals surface area contributed by atoms with Gasteiger partial charge in [-0.15, -0.1) is 0 Å². The van der Waals surface area contributed by atoms with Gasteiger partial charge in [0.2, 0.25) is 5.91 Å². The molecule has 1 saturated heterocycles. The molecule has 0 aliphatic carbocycles. The van der Waals surface area contributed by atoms with Gasteiger partial charge in [0.1, 0.15) is 12.4 Å². The third kappa shape index (κ3) is 4.19. The van der Waals surface area contributed by atoms with Crippen LogP contribution in [0, 0.1) is 0 Å². The molecule has 2 heterocycles. The first-order chi connectivity index (χ1) is 10.8. The van der Waals surface area contributed by atoms with Crippen LogP contribution in [0.1, 0.15) is 11.1 Å². The van der Waals surface area contributed by atoms with Crippen molar-refractivity contribution in [3.05, 3.63) is 29.3 Å². The zero-order valence-corrected chi connectivity index (χ0v) is 12.8. The summed E-state index contributed by atoms with van der Waals surface area (Å²) in [4.78, 5) is 13.9. The Morgan fingerprint density at radius 2 is 2.09 bits per heavy atom. The van der Waals surface area contributed by atoms with E-state index in [1.807, 2.05) is 6.07 Å². The maximum Gasteiger partial charge on any atom is 0.234 e. The van der Waals surface area contributed by atoms with E-state index in [1.54, 1.807) is 0 Å². The highest BCUT2D eigenvalue weighted by Gasteiger charge is 2.14. The Hall–Kier alpha value is -1.63. The number of benzene rings is 1. The largest absolute Gasteiger partial charge is 0.492 e. The second kappa shape index (κ2) is 7.58. The number of fused-ring (bicyclic) bond motifs is 1. The third-order valence-corrected chi connectivity index (χ3v) is 3.97. The highest BCUT2D eigenvalue weighted by molar-refractivity contribution is 5.78. The lowest BCUT2D eigenvalue weighted by Gasteiger charge is -2.25. The van der Waals surface area contributed by atoms with Gasteiger partial charge in [-0.25, -0.2) is 0 Å². The molecule has 1 aromatic carbocycles. The van der Waals surface area contributed by atoms with E-state index in [0.29, 0.717) is 32.9 Å². The first-order valence-electron chi connectivity index (χ1n) is 7.83. The summed E-state index contributed by atoms with van der Waals surface area (Å²) in [5.74, 6) is 0.911. The average molecular weight is 305 g/mol. The highest BCUT2D eigenvalue weighted by Crippen LogP contribution is 2.21. The maximum atomic E-state index is 11.8. The van der Waals surface area contributed by atoms with E-state index < -0.39 is 0 Å². The van der Waals surface area contributed by atoms with Crippen LogP contribution in [0.3, 0.4) is 0 Å². The Balaban J connectivity index is 1.34. The van der Waals surface area contributed by atoms with Crippen LogP contribution in [0.2, 0.25) is 0 Å². The molecule has 2 aliphatic rings. The summed E-state index contributed by atoms with van der Waals surface area (Å²) in [6, 6.07) is 6.16. The van der Waals surface area contributed by atoms with E-state index in [1.165, 1.54) is 11.1 Å². The Morgan fingerprint density at radius 3 is 2.95 bits per heavy atom. The zero-order chi connectivity index (χ0) is 15.2. The first kappa shape index (κ1) is 15.3. The van der Waals surface area contributed by atoms with E-state index >= 15 is 0 Å². The van der Waals surface area contributed by atoms with E-state index in [9.17, 15) is 4.79 Å². The Bertz CT molecular complexity index is 515. The van der Waals surface area contributed by atoms with Crippen LogP contribution < -0.4 is 15.4 Å². The Kier molecular flexibility index (Phi) is 5.26. The summed E-state index contributed by atoms with van der Waals surface area (Å²) in [5.41, 5.74) is 2.64. The van der Waals surface area contributed by atoms with Crippen molar-refractivity contribution in [3.8, 4) is 5.75 Å². The van der Waals surface area contributed by atoms with E-state index in [4.69, 9.17) is 9.47 Å². The van der Waals surface area contributed by atoms with Gasteiger partial charge >= 0.3 is 0 Å². The number of carbonyl (C=O) groups excluding carboxylic acids is 1. The van der Waals surface area contributed by atoms with Crippen LogP contribution in [0.15, 0.2) is 18.2 Å². The van der Waals surface area contributed by atoms with Crippen LogP contribution >= 0.6 is 0 Å². The number of nitrogens with zero attached hydrogens (tertiary/aromatic N) is 1. The third-order valence-electron chi connectivity index (χ3n) is 3.97. The minimum Gasteiger partial charge on any atom is -0.492 e. The lowest BCUT2D eigenvalue weighted by atomic mass is 10.1. The molecule has 6 nitrogen and oxygen atoms in total. The summed E-state index contributed by atoms with van der Waals surface area (Å²) in [5, 5.41) is 6.20. The van der Waals surface area contributed by atoms with E-state index in [2.05, 4.69) is 27.7 Å². The molecular weight excluding hydrogens is 282 g/mol. The molecular formula is C16H23N3O3. The van der Waals surface area contributed by atoms with Gasteiger partial charge in [-0.1, -0.05) is 6.07 Å². The molecule has 3 rings (SSSR count). The van der Waals surface area contributed by atoms with Gasteiger partial charge in [-0.2, -0.15) is 0 Å². The van der Waals surface area contributed by atoms with Crippen molar-refractivity contribution in [2.45, 2.75) is 13.1 Å². The predicted octanol–water partition coefficient (Wildman–Crippen LogP) is 0.117. The fourth-order valence-electron chi connectivity index (χ4n) is 2.74. The van der Waals surface area contributed by atoms with E-state index in [-0.39, 0.29) is 5.91 Å². The average Bonchev–Trinajstić information content (AvgIpc) is 3.00. The van der Waals surface area contributed by atoms with Crippen LogP contribution in [0.25, 0.3) is 0 Å². The number of amides is 1. The van der Waals surface area contributed by atoms with Gasteiger partial charge in [0.15, 0.2) is 0 Å². The van der Waals surface area contributed by atoms with Crippen molar-refractivity contribution in [1.29, 1.82) is 0 Å². The number of ether oxygens (including phenoxy) is 2. The maximum absolute atomic E-state index is 11.8. The number of carbonyl (C=O) groups is 1. The van der Waals surface area contributed by atoms with Gasteiger partial charge in [0, 0.05) is 26.2 Å². The summed E-state index contributed by atoms with van der Waals surface area (Å²) in [7, 11) is 0. The molecule has 1 amide bonds. The second-order valence-electron chi connectivity index (χ2n) is 5.62. The Morgan fingerprint density at radius 1 is 1.27 bits per heavy atom. The lowest BCUT2D eigenvalue weighted by Crippen LogP contribution is -2.43. The molecule has 6 heteroatoms. The normalized spacial score (nSPS) is 18.0. The molecule has 2 aliphatic heterocycles. The van der Waals surface area contributed by atoms with Gasteiger partial charge < -0.3 is 20.1 Å². The number of nitrogens with one attached hydrogen (secondary N) is 2. The van der Waals surface area contributed by atoms with Crippen LogP contribution in [0.4, 0.5) is 0 Å². The summed E-state index contributed by atoms with van der Waals surface area (Å²) in [6.07, 6.45) is 0. The quantitative estimate of drug-likeness (QED) is 0.731. The molecule has 0 radical (unpaired) electrons. The fraction of sp³-hybridized carbons (Fsp3) is 0.562. The van der Waals surface area contributed by atoms with Crippen molar-refractivity contribution < 1.29 is 14.3 Å². The topological polar surface area (TPSA) is 62.8 Å². The smallest absolute Gasteiger partial charge is 0.234 e. The molecule has 0 bridgehead atoms. The van der Waals surface area contributed by atoms with Crippen molar-refractivity contribution in [3.63, 3.8) is 0 Å². The SMILES string of the molecule is O=C(CN1CCOCC1)NCCOc1ccc2c(c1)CNC2. The monoisotopic (exact) mass is 305 g/mol. The van der Waals surface area contributed by atoms with Gasteiger partial charge in [-0.05, 0) is 23.3 Å². The van der Waals surface area contributed by atoms with Crippen molar-refractivity contribution >= 4 is 5.91 Å². The Labute approximate surface area is 130 Å². The molecule has 1 aromatic rings. The number of hydrogen-bond donors (Lipinski definition) is 2. The molecule has 0 atom stereocenters. The van der Waals surface area contributed by atoms with Crippen molar-refractivity contribution in [1.82, 2.24) is 15.5 Å². The second-order valence-corrected chi connectivity index (χ2v) is 5.62. The molecule has 0 saturated carbocycles. The molecule has 120 valence electrons. The summed E-state index contributed by atoms with van der Waals surface area (Å²) >= 11 is 0. The molecule has 22 heavy (non-hydrogen) atoms. The van der Waals surface area contributed by atoms with E-state index in [0.717, 1.165) is 31.9 Å². The van der Waals surface area contributed by atoms with Crippen molar-refractivity contribution in [2.24, 2.45) is 0 Å². The van der Waals surface area contributed by atoms with Crippen LogP contribution in [-0.4, -0.2) is 56.8 Å². The van der Waals surface area contributed by atoms with Gasteiger partial charge in [0.25, 0.3) is 0 Å². The van der Waals surface area contributed by atoms with Crippen molar-refractivity contribution in [2.75, 3.05) is 46.0 Å². The van der Waals surface area contributed by atoms with Crippen LogP contribution in [-0.2, 0) is 22.6 Å². The van der Waals surface area contributed by atoms with Crippen LogP contribution in [0.5, 0.6) is 5.75 Å². The predicted molar refractivity (Wildman–Crippen MR) is 82.7 cm³/mol. The highest BCUT2D eigenvalue weighted by atomic mass is 16.5. The zero-order valence-electron chi connectivity index (χ0n) is 12.8. The number of morpholine rings is 1. The molecule has 1 fully saturated rings. The standard InChI is InChI=1S/C16H23N3O3/c20-16(12-19-4-7-21-8-5-19)18-3-6-22-15-2-1-13-10-17-11-14(13)9-15/h1-2,9,17H,3-8,10-12H2,(H,18,20). The fourth-order valence-corrected chi connectivity index (χ4v) is 2.74. The minimum absolute atomic E-state index is 0.0450. The minimum atomic E-state index is 0.0450. The molecule has 0 aromatic heterocycles. The number of hydrogen-bond acceptors (Lipinski definition) is 5. The molecule has 0 unspecified atom stereocenters. The first-order valence-corrected chi connectivity index (χ1v) is 7.83. The number of rotatable bonds is 6. The van der Waals surface area contributed by atoms with Gasteiger partial charge in [-0.3, -0.25) is 9.69 Å². The van der Waals surface area contributed by atoms with Gasteiger partial charge in [0.05, 0.1) is 26.3 Å². The molecule has 2 N–H and O–H groups in total. The summed E-state index contributed by atoms with van der Waals surface area (Å²) < 4.78 is 11.0.